The summed E-state index contributed by atoms with van der Waals surface area (Å²) in [7, 11) is 0. The maximum absolute atomic E-state index is 10.7. The molecule has 1 aliphatic carbocycles. The van der Waals surface area contributed by atoms with Crippen molar-refractivity contribution >= 4 is 15.9 Å². The maximum Gasteiger partial charge on any atom is 0.0910 e. The van der Waals surface area contributed by atoms with E-state index in [0.717, 1.165) is 29.3 Å². The second-order valence-corrected chi connectivity index (χ2v) is 5.57. The van der Waals surface area contributed by atoms with E-state index in [4.69, 9.17) is 0 Å². The molecule has 15 heavy (non-hydrogen) atoms. The summed E-state index contributed by atoms with van der Waals surface area (Å²) >= 11 is 3.53. The van der Waals surface area contributed by atoms with Gasteiger partial charge in [-0.25, -0.2) is 0 Å². The highest BCUT2D eigenvalue weighted by Gasteiger charge is 2.35. The predicted molar refractivity (Wildman–Crippen MR) is 65.7 cm³/mol. The largest absolute Gasteiger partial charge is 0.385 e. The average Bonchev–Trinajstić information content (AvgIpc) is 2.17. The molecule has 0 aliphatic heterocycles. The normalized spacial score (nSPS) is 31.5. The van der Waals surface area contributed by atoms with Crippen molar-refractivity contribution in [3.63, 3.8) is 0 Å². The molecule has 1 saturated carbocycles. The van der Waals surface area contributed by atoms with Gasteiger partial charge in [0.15, 0.2) is 0 Å². The smallest absolute Gasteiger partial charge is 0.0910 e. The lowest BCUT2D eigenvalue weighted by Gasteiger charge is -2.36. The first kappa shape index (κ1) is 11.2. The minimum absolute atomic E-state index is 0.613. The fourth-order valence-corrected chi connectivity index (χ4v) is 3.26. The van der Waals surface area contributed by atoms with Crippen LogP contribution in [0.3, 0.4) is 0 Å². The molecule has 0 amide bonds. The van der Waals surface area contributed by atoms with Crippen molar-refractivity contribution in [1.82, 2.24) is 0 Å². The number of halogens is 1. The number of aliphatic hydroxyl groups is 1. The highest BCUT2D eigenvalue weighted by atomic mass is 79.9. The van der Waals surface area contributed by atoms with E-state index in [1.54, 1.807) is 0 Å². The molecule has 0 radical (unpaired) electrons. The molecule has 0 unspecified atom stereocenters. The summed E-state index contributed by atoms with van der Waals surface area (Å²) in [4.78, 5) is 0. The molecule has 2 heteroatoms. The van der Waals surface area contributed by atoms with Gasteiger partial charge in [-0.1, -0.05) is 47.5 Å². The molecule has 0 aromatic heterocycles. The third-order valence-electron chi connectivity index (χ3n) is 3.35. The van der Waals surface area contributed by atoms with Gasteiger partial charge in [0.2, 0.25) is 0 Å². The Morgan fingerprint density at radius 1 is 1.40 bits per heavy atom. The highest BCUT2D eigenvalue weighted by Crippen LogP contribution is 2.42. The number of rotatable bonds is 1. The van der Waals surface area contributed by atoms with E-state index in [1.807, 2.05) is 24.3 Å². The van der Waals surface area contributed by atoms with E-state index in [0.29, 0.717) is 5.92 Å². The molecule has 82 valence electrons. The summed E-state index contributed by atoms with van der Waals surface area (Å²) in [5.41, 5.74) is 0.439. The van der Waals surface area contributed by atoms with Crippen molar-refractivity contribution in [1.29, 1.82) is 0 Å². The van der Waals surface area contributed by atoms with Crippen LogP contribution in [0.1, 0.15) is 38.2 Å². The molecule has 0 bridgehead atoms. The molecule has 2 rings (SSSR count). The van der Waals surface area contributed by atoms with Crippen molar-refractivity contribution in [2.45, 2.75) is 38.2 Å². The van der Waals surface area contributed by atoms with Crippen molar-refractivity contribution in [3.05, 3.63) is 34.3 Å². The summed E-state index contributed by atoms with van der Waals surface area (Å²) in [6.45, 7) is 2.22. The van der Waals surface area contributed by atoms with Crippen LogP contribution in [0.15, 0.2) is 28.7 Å². The Bertz CT molecular complexity index is 350. The van der Waals surface area contributed by atoms with Gasteiger partial charge >= 0.3 is 0 Å². The molecule has 0 heterocycles. The maximum atomic E-state index is 10.7. The van der Waals surface area contributed by atoms with Crippen LogP contribution >= 0.6 is 15.9 Å². The van der Waals surface area contributed by atoms with Crippen LogP contribution in [0.25, 0.3) is 0 Å². The van der Waals surface area contributed by atoms with Gasteiger partial charge in [0.05, 0.1) is 5.60 Å². The van der Waals surface area contributed by atoms with Crippen molar-refractivity contribution in [2.24, 2.45) is 5.92 Å². The van der Waals surface area contributed by atoms with Crippen LogP contribution in [0.2, 0.25) is 0 Å². The molecule has 1 aromatic carbocycles. The Balaban J connectivity index is 2.32. The molecule has 1 aromatic rings. The fraction of sp³-hybridized carbons (Fsp3) is 0.538. The van der Waals surface area contributed by atoms with Crippen molar-refractivity contribution in [2.75, 3.05) is 0 Å². The van der Waals surface area contributed by atoms with Crippen LogP contribution in [0.4, 0.5) is 0 Å². The molecular formula is C13H17BrO. The highest BCUT2D eigenvalue weighted by molar-refractivity contribution is 9.10. The van der Waals surface area contributed by atoms with Gasteiger partial charge < -0.3 is 5.11 Å². The fourth-order valence-electron chi connectivity index (χ4n) is 2.61. The van der Waals surface area contributed by atoms with E-state index >= 15 is 0 Å². The van der Waals surface area contributed by atoms with Gasteiger partial charge in [-0.3, -0.25) is 0 Å². The van der Waals surface area contributed by atoms with E-state index in [2.05, 4.69) is 22.9 Å². The third kappa shape index (κ3) is 2.26. The van der Waals surface area contributed by atoms with Crippen LogP contribution < -0.4 is 0 Å². The zero-order valence-corrected chi connectivity index (χ0v) is 10.6. The van der Waals surface area contributed by atoms with Gasteiger partial charge in [-0.05, 0) is 36.8 Å². The first-order chi connectivity index (χ1) is 7.12. The van der Waals surface area contributed by atoms with Crippen LogP contribution in [-0.2, 0) is 5.60 Å². The molecule has 1 N–H and O–H groups in total. The zero-order valence-electron chi connectivity index (χ0n) is 9.04. The van der Waals surface area contributed by atoms with Gasteiger partial charge in [0.25, 0.3) is 0 Å². The minimum atomic E-state index is -0.613. The first-order valence-electron chi connectivity index (χ1n) is 5.59. The van der Waals surface area contributed by atoms with E-state index in [-0.39, 0.29) is 0 Å². The minimum Gasteiger partial charge on any atom is -0.385 e. The number of benzene rings is 1. The Kier molecular flexibility index (Phi) is 3.17. The Morgan fingerprint density at radius 2 is 2.13 bits per heavy atom. The second-order valence-electron chi connectivity index (χ2n) is 4.71. The van der Waals surface area contributed by atoms with Gasteiger partial charge in [0.1, 0.15) is 0 Å². The summed E-state index contributed by atoms with van der Waals surface area (Å²) in [5.74, 6) is 0.621. The Morgan fingerprint density at radius 3 is 2.80 bits per heavy atom. The van der Waals surface area contributed by atoms with Crippen LogP contribution in [-0.4, -0.2) is 5.11 Å². The molecule has 1 nitrogen and oxygen atoms in total. The van der Waals surface area contributed by atoms with Gasteiger partial charge in [0, 0.05) is 4.47 Å². The van der Waals surface area contributed by atoms with Gasteiger partial charge in [-0.2, -0.15) is 0 Å². The standard InChI is InChI=1S/C13H17BrO/c1-10-5-4-8-13(15,9-10)11-6-2-3-7-12(11)14/h2-3,6-7,10,15H,4-5,8-9H2,1H3/t10-,13+/m1/s1. The molecule has 1 aliphatic rings. The molecular weight excluding hydrogens is 252 g/mol. The number of hydrogen-bond donors (Lipinski definition) is 1. The van der Waals surface area contributed by atoms with Crippen LogP contribution in [0.5, 0.6) is 0 Å². The lowest BCUT2D eigenvalue weighted by molar-refractivity contribution is -0.0184. The summed E-state index contributed by atoms with van der Waals surface area (Å²) in [6, 6.07) is 8.02. The molecule has 2 atom stereocenters. The zero-order chi connectivity index (χ0) is 10.9. The lowest BCUT2D eigenvalue weighted by atomic mass is 9.75. The molecule has 0 saturated heterocycles. The average molecular weight is 269 g/mol. The van der Waals surface area contributed by atoms with Crippen molar-refractivity contribution < 1.29 is 5.11 Å². The van der Waals surface area contributed by atoms with E-state index in [1.165, 1.54) is 6.42 Å². The van der Waals surface area contributed by atoms with Crippen molar-refractivity contribution in [3.8, 4) is 0 Å². The predicted octanol–water partition coefficient (Wildman–Crippen LogP) is 3.85. The Hall–Kier alpha value is -0.340. The van der Waals surface area contributed by atoms with Crippen LogP contribution in [0, 0.1) is 5.92 Å². The van der Waals surface area contributed by atoms with E-state index < -0.39 is 5.60 Å². The molecule has 0 spiro atoms. The van der Waals surface area contributed by atoms with E-state index in [9.17, 15) is 5.11 Å². The monoisotopic (exact) mass is 268 g/mol. The quantitative estimate of drug-likeness (QED) is 0.821. The summed E-state index contributed by atoms with van der Waals surface area (Å²) < 4.78 is 1.03. The second kappa shape index (κ2) is 4.26. The topological polar surface area (TPSA) is 20.2 Å². The lowest BCUT2D eigenvalue weighted by Crippen LogP contribution is -2.32. The third-order valence-corrected chi connectivity index (χ3v) is 4.04. The first-order valence-corrected chi connectivity index (χ1v) is 6.38. The summed E-state index contributed by atoms with van der Waals surface area (Å²) in [6.07, 6.45) is 4.14. The Labute approximate surface area is 99.6 Å². The number of hydrogen-bond acceptors (Lipinski definition) is 1. The van der Waals surface area contributed by atoms with Gasteiger partial charge in [-0.15, -0.1) is 0 Å². The SMILES string of the molecule is C[C@@H]1CCC[C@@](O)(c2ccccc2Br)C1. The molecule has 1 fully saturated rings. The summed E-state index contributed by atoms with van der Waals surface area (Å²) in [5, 5.41) is 10.7.